The van der Waals surface area contributed by atoms with Crippen molar-refractivity contribution < 1.29 is 18.7 Å². The van der Waals surface area contributed by atoms with Crippen LogP contribution in [0.2, 0.25) is 0 Å². The molecule has 2 unspecified atom stereocenters. The van der Waals surface area contributed by atoms with Gasteiger partial charge < -0.3 is 25.0 Å². The van der Waals surface area contributed by atoms with Crippen LogP contribution in [0.15, 0.2) is 29.3 Å². The molecule has 1 saturated heterocycles. The first-order valence-electron chi connectivity index (χ1n) is 10.2. The lowest BCUT2D eigenvalue weighted by molar-refractivity contribution is -0.127. The second-order valence-electron chi connectivity index (χ2n) is 7.31. The normalized spacial score (nSPS) is 17.5. The van der Waals surface area contributed by atoms with Crippen LogP contribution in [-0.2, 0) is 9.53 Å². The Morgan fingerprint density at radius 3 is 2.80 bits per heavy atom. The number of nitrogens with zero attached hydrogens (tertiary/aromatic N) is 2. The average Bonchev–Trinajstić information content (AvgIpc) is 2.72. The van der Waals surface area contributed by atoms with Crippen LogP contribution in [0, 0.1) is 5.82 Å². The summed E-state index contributed by atoms with van der Waals surface area (Å²) in [5.41, 5.74) is 0. The number of amides is 1. The van der Waals surface area contributed by atoms with Gasteiger partial charge >= 0.3 is 0 Å². The molecule has 0 bridgehead atoms. The Morgan fingerprint density at radius 2 is 2.17 bits per heavy atom. The van der Waals surface area contributed by atoms with E-state index in [0.29, 0.717) is 24.8 Å². The first kappa shape index (κ1) is 26.4. The number of aliphatic imine (C=N–C) groups is 1. The third-order valence-corrected chi connectivity index (χ3v) is 4.69. The van der Waals surface area contributed by atoms with Crippen molar-refractivity contribution in [2.45, 2.75) is 44.8 Å². The highest BCUT2D eigenvalue weighted by molar-refractivity contribution is 14.0. The summed E-state index contributed by atoms with van der Waals surface area (Å²) in [6.07, 6.45) is 3.98. The maximum Gasteiger partial charge on any atom is 0.243 e. The van der Waals surface area contributed by atoms with Gasteiger partial charge in [-0.05, 0) is 37.8 Å². The van der Waals surface area contributed by atoms with Gasteiger partial charge in [0.1, 0.15) is 24.2 Å². The van der Waals surface area contributed by atoms with Crippen LogP contribution in [0.4, 0.5) is 4.39 Å². The summed E-state index contributed by atoms with van der Waals surface area (Å²) in [6, 6.07) is 6.10. The van der Waals surface area contributed by atoms with Crippen LogP contribution in [0.25, 0.3) is 0 Å². The molecule has 2 rings (SSSR count). The van der Waals surface area contributed by atoms with Crippen LogP contribution in [-0.4, -0.2) is 69.3 Å². The van der Waals surface area contributed by atoms with E-state index in [-0.39, 0.29) is 54.5 Å². The standard InChI is InChI=1S/C21H33FN4O3.HI/c1-4-17(29-18-10-7-8-16(22)12-18)13-23-21(25-15-20(27)26(2)3)24-14-19-9-5-6-11-28-19;/h7-8,10,12,17,19H,4-6,9,11,13-15H2,1-3H3,(H2,23,24,25);1H. The highest BCUT2D eigenvalue weighted by atomic mass is 127. The molecule has 2 N–H and O–H groups in total. The van der Waals surface area contributed by atoms with Gasteiger partial charge in [-0.1, -0.05) is 13.0 Å². The predicted octanol–water partition coefficient (Wildman–Crippen LogP) is 2.79. The third-order valence-electron chi connectivity index (χ3n) is 4.69. The van der Waals surface area contributed by atoms with Crippen molar-refractivity contribution in [1.29, 1.82) is 0 Å². The van der Waals surface area contributed by atoms with Crippen molar-refractivity contribution in [3.63, 3.8) is 0 Å². The maximum atomic E-state index is 13.4. The Labute approximate surface area is 195 Å². The van der Waals surface area contributed by atoms with Crippen molar-refractivity contribution >= 4 is 35.8 Å². The number of carbonyl (C=O) groups is 1. The molecule has 1 aromatic carbocycles. The molecule has 1 aliphatic rings. The van der Waals surface area contributed by atoms with Gasteiger partial charge in [0.2, 0.25) is 5.91 Å². The van der Waals surface area contributed by atoms with E-state index >= 15 is 0 Å². The molecule has 0 saturated carbocycles. The smallest absolute Gasteiger partial charge is 0.243 e. The number of rotatable bonds is 9. The highest BCUT2D eigenvalue weighted by Gasteiger charge is 2.15. The van der Waals surface area contributed by atoms with Gasteiger partial charge in [-0.3, -0.25) is 4.79 Å². The van der Waals surface area contributed by atoms with Crippen LogP contribution in [0.1, 0.15) is 32.6 Å². The molecule has 7 nitrogen and oxygen atoms in total. The van der Waals surface area contributed by atoms with Crippen LogP contribution < -0.4 is 15.4 Å². The zero-order valence-corrected chi connectivity index (χ0v) is 20.4. The molecule has 2 atom stereocenters. The fourth-order valence-corrected chi connectivity index (χ4v) is 2.85. The van der Waals surface area contributed by atoms with Crippen molar-refractivity contribution in [2.24, 2.45) is 4.99 Å². The van der Waals surface area contributed by atoms with Gasteiger partial charge in [0.05, 0.1) is 12.6 Å². The lowest BCUT2D eigenvalue weighted by Gasteiger charge is -2.25. The number of ether oxygens (including phenoxy) is 2. The summed E-state index contributed by atoms with van der Waals surface area (Å²) in [5.74, 6) is 0.617. The van der Waals surface area contributed by atoms with Crippen molar-refractivity contribution in [2.75, 3.05) is 40.3 Å². The van der Waals surface area contributed by atoms with Gasteiger partial charge in [0.25, 0.3) is 0 Å². The largest absolute Gasteiger partial charge is 0.489 e. The van der Waals surface area contributed by atoms with E-state index < -0.39 is 0 Å². The molecule has 170 valence electrons. The van der Waals surface area contributed by atoms with Gasteiger partial charge in [-0.2, -0.15) is 0 Å². The molecular formula is C21H34FIN4O3. The molecule has 1 fully saturated rings. The Kier molecular flexibility index (Phi) is 12.7. The summed E-state index contributed by atoms with van der Waals surface area (Å²) in [5, 5.41) is 6.50. The molecule has 1 amide bonds. The first-order chi connectivity index (χ1) is 14.0. The summed E-state index contributed by atoms with van der Waals surface area (Å²) in [4.78, 5) is 17.8. The molecule has 0 radical (unpaired) electrons. The number of carbonyl (C=O) groups excluding carboxylic acids is 1. The fourth-order valence-electron chi connectivity index (χ4n) is 2.85. The van der Waals surface area contributed by atoms with Crippen LogP contribution >= 0.6 is 24.0 Å². The molecule has 30 heavy (non-hydrogen) atoms. The second kappa shape index (κ2) is 14.4. The lowest BCUT2D eigenvalue weighted by Crippen LogP contribution is -2.46. The summed E-state index contributed by atoms with van der Waals surface area (Å²) < 4.78 is 25.0. The van der Waals surface area contributed by atoms with Crippen molar-refractivity contribution in [3.05, 3.63) is 30.1 Å². The number of guanidine groups is 1. The van der Waals surface area contributed by atoms with Gasteiger partial charge in [-0.25, -0.2) is 9.38 Å². The molecule has 1 aliphatic heterocycles. The average molecular weight is 536 g/mol. The minimum Gasteiger partial charge on any atom is -0.489 e. The summed E-state index contributed by atoms with van der Waals surface area (Å²) in [7, 11) is 3.41. The van der Waals surface area contributed by atoms with Crippen LogP contribution in [0.3, 0.4) is 0 Å². The number of hydrogen-bond acceptors (Lipinski definition) is 4. The monoisotopic (exact) mass is 536 g/mol. The Hall–Kier alpha value is -1.62. The van der Waals surface area contributed by atoms with E-state index in [4.69, 9.17) is 9.47 Å². The highest BCUT2D eigenvalue weighted by Crippen LogP contribution is 2.15. The van der Waals surface area contributed by atoms with E-state index in [2.05, 4.69) is 15.6 Å². The molecule has 1 heterocycles. The van der Waals surface area contributed by atoms with Gasteiger partial charge in [-0.15, -0.1) is 24.0 Å². The van der Waals surface area contributed by atoms with Crippen LogP contribution in [0.5, 0.6) is 5.75 Å². The molecule has 0 aromatic heterocycles. The van der Waals surface area contributed by atoms with E-state index in [1.165, 1.54) is 17.0 Å². The van der Waals surface area contributed by atoms with Crippen molar-refractivity contribution in [3.8, 4) is 5.75 Å². The van der Waals surface area contributed by atoms with Crippen molar-refractivity contribution in [1.82, 2.24) is 15.5 Å². The minimum atomic E-state index is -0.330. The number of halogens is 2. The molecule has 9 heteroatoms. The summed E-state index contributed by atoms with van der Waals surface area (Å²) in [6.45, 7) is 3.94. The second-order valence-corrected chi connectivity index (χ2v) is 7.31. The van der Waals surface area contributed by atoms with Gasteiger partial charge in [0.15, 0.2) is 5.96 Å². The zero-order chi connectivity index (χ0) is 21.1. The third kappa shape index (κ3) is 9.92. The molecule has 1 aromatic rings. The predicted molar refractivity (Wildman–Crippen MR) is 127 cm³/mol. The minimum absolute atomic E-state index is 0. The Bertz CT molecular complexity index is 669. The topological polar surface area (TPSA) is 75.2 Å². The van der Waals surface area contributed by atoms with E-state index in [1.54, 1.807) is 26.2 Å². The fraction of sp³-hybridized carbons (Fsp3) is 0.619. The Balaban J connectivity index is 0.00000450. The molecule has 0 spiro atoms. The summed E-state index contributed by atoms with van der Waals surface area (Å²) >= 11 is 0. The van der Waals surface area contributed by atoms with E-state index in [9.17, 15) is 9.18 Å². The molecular weight excluding hydrogens is 502 g/mol. The Morgan fingerprint density at radius 1 is 1.37 bits per heavy atom. The van der Waals surface area contributed by atoms with E-state index in [0.717, 1.165) is 32.3 Å². The van der Waals surface area contributed by atoms with E-state index in [1.807, 2.05) is 6.92 Å². The number of benzene rings is 1. The first-order valence-corrected chi connectivity index (χ1v) is 10.2. The number of likely N-dealkylation sites (N-methyl/N-ethyl adjacent to an activating group) is 1. The lowest BCUT2D eigenvalue weighted by atomic mass is 10.1. The molecule has 0 aliphatic carbocycles. The number of hydrogen-bond donors (Lipinski definition) is 2. The quantitative estimate of drug-likeness (QED) is 0.289. The SMILES string of the molecule is CCC(CNC(=NCC(=O)N(C)C)NCC1CCCCO1)Oc1cccc(F)c1.I. The van der Waals surface area contributed by atoms with Gasteiger partial charge in [0, 0.05) is 33.3 Å². The number of nitrogens with one attached hydrogen (secondary N) is 2. The maximum absolute atomic E-state index is 13.4. The zero-order valence-electron chi connectivity index (χ0n) is 18.0.